The van der Waals surface area contributed by atoms with Crippen LogP contribution in [0.2, 0.25) is 0 Å². The molecule has 10 heavy (non-hydrogen) atoms. The fraction of sp³-hybridized carbons (Fsp3) is 0.750. The van der Waals surface area contributed by atoms with Gasteiger partial charge in [0, 0.05) is 20.5 Å². The third-order valence-electron chi connectivity index (χ3n) is 2.40. The molecule has 0 fully saturated rings. The van der Waals surface area contributed by atoms with Crippen LogP contribution in [-0.2, 0) is 4.74 Å². The van der Waals surface area contributed by atoms with Crippen molar-refractivity contribution in [2.24, 2.45) is 0 Å². The lowest BCUT2D eigenvalue weighted by atomic mass is 10.4. The number of quaternary nitrogens is 1. The lowest BCUT2D eigenvalue weighted by molar-refractivity contribution is -0.901. The maximum atomic E-state index is 5.26. The molecule has 0 radical (unpaired) electrons. The van der Waals surface area contributed by atoms with Gasteiger partial charge in [0.25, 0.3) is 0 Å². The Hall–Kier alpha value is -0.340. The van der Waals surface area contributed by atoms with E-state index in [1.165, 1.54) is 13.0 Å². The number of rotatable bonds is 2. The average Bonchev–Trinajstić information content (AvgIpc) is 2.36. The van der Waals surface area contributed by atoms with E-state index in [1.807, 2.05) is 0 Å². The van der Waals surface area contributed by atoms with Crippen molar-refractivity contribution in [1.82, 2.24) is 0 Å². The SMILES string of the molecule is COC(C)[N+]1(C)C=CCC1. The Morgan fingerprint density at radius 3 is 2.70 bits per heavy atom. The first-order valence-corrected chi connectivity index (χ1v) is 3.74. The molecule has 0 aromatic carbocycles. The van der Waals surface area contributed by atoms with Gasteiger partial charge in [-0.25, -0.2) is 0 Å². The normalized spacial score (nSPS) is 34.7. The molecule has 58 valence electrons. The Kier molecular flexibility index (Phi) is 2.11. The lowest BCUT2D eigenvalue weighted by Gasteiger charge is -2.31. The highest BCUT2D eigenvalue weighted by atomic mass is 16.5. The fourth-order valence-electron chi connectivity index (χ4n) is 1.29. The summed E-state index contributed by atoms with van der Waals surface area (Å²) in [4.78, 5) is 0. The third kappa shape index (κ3) is 1.22. The smallest absolute Gasteiger partial charge is 0.194 e. The predicted octanol–water partition coefficient (Wildman–Crippen LogP) is 1.34. The molecule has 0 saturated carbocycles. The van der Waals surface area contributed by atoms with E-state index in [4.69, 9.17) is 4.74 Å². The molecule has 1 aliphatic heterocycles. The number of hydrogen-bond acceptors (Lipinski definition) is 1. The van der Waals surface area contributed by atoms with Crippen molar-refractivity contribution in [3.63, 3.8) is 0 Å². The summed E-state index contributed by atoms with van der Waals surface area (Å²) >= 11 is 0. The molecule has 0 amide bonds. The maximum absolute atomic E-state index is 5.26. The molecule has 1 heterocycles. The van der Waals surface area contributed by atoms with Gasteiger partial charge in [0.2, 0.25) is 0 Å². The minimum Gasteiger partial charge on any atom is -0.332 e. The monoisotopic (exact) mass is 142 g/mol. The highest BCUT2D eigenvalue weighted by Gasteiger charge is 2.28. The molecule has 0 saturated heterocycles. The van der Waals surface area contributed by atoms with Crippen LogP contribution in [0, 0.1) is 0 Å². The maximum Gasteiger partial charge on any atom is 0.194 e. The molecule has 0 aromatic rings. The molecule has 0 bridgehead atoms. The van der Waals surface area contributed by atoms with E-state index < -0.39 is 0 Å². The molecule has 0 aromatic heterocycles. The summed E-state index contributed by atoms with van der Waals surface area (Å²) < 4.78 is 6.19. The van der Waals surface area contributed by atoms with Crippen molar-refractivity contribution >= 4 is 0 Å². The van der Waals surface area contributed by atoms with Gasteiger partial charge in [-0.15, -0.1) is 0 Å². The number of hydrogen-bond donors (Lipinski definition) is 0. The second kappa shape index (κ2) is 2.72. The van der Waals surface area contributed by atoms with Crippen molar-refractivity contribution in [2.75, 3.05) is 20.7 Å². The Morgan fingerprint density at radius 2 is 2.30 bits per heavy atom. The topological polar surface area (TPSA) is 9.23 Å². The molecular weight excluding hydrogens is 126 g/mol. The van der Waals surface area contributed by atoms with Crippen molar-refractivity contribution in [3.05, 3.63) is 12.3 Å². The van der Waals surface area contributed by atoms with E-state index in [0.717, 1.165) is 4.48 Å². The third-order valence-corrected chi connectivity index (χ3v) is 2.40. The van der Waals surface area contributed by atoms with Crippen LogP contribution in [-0.4, -0.2) is 31.4 Å². The number of nitrogens with zero attached hydrogens (tertiary/aromatic N) is 1. The Labute approximate surface area is 62.7 Å². The first kappa shape index (κ1) is 7.76. The molecule has 2 unspecified atom stereocenters. The summed E-state index contributed by atoms with van der Waals surface area (Å²) in [5.74, 6) is 0. The van der Waals surface area contributed by atoms with E-state index in [1.54, 1.807) is 7.11 Å². The minimum atomic E-state index is 0.291. The summed E-state index contributed by atoms with van der Waals surface area (Å²) in [6.07, 6.45) is 5.91. The first-order valence-electron chi connectivity index (χ1n) is 3.74. The highest BCUT2D eigenvalue weighted by molar-refractivity contribution is 4.81. The molecule has 1 aliphatic rings. The molecule has 0 N–H and O–H groups in total. The van der Waals surface area contributed by atoms with Gasteiger partial charge < -0.3 is 4.74 Å². The van der Waals surface area contributed by atoms with Crippen LogP contribution in [0.25, 0.3) is 0 Å². The van der Waals surface area contributed by atoms with Gasteiger partial charge in [-0.05, 0) is 6.08 Å². The number of ether oxygens (including phenoxy) is 1. The minimum absolute atomic E-state index is 0.291. The van der Waals surface area contributed by atoms with E-state index in [2.05, 4.69) is 26.2 Å². The quantitative estimate of drug-likeness (QED) is 0.529. The van der Waals surface area contributed by atoms with Gasteiger partial charge in [-0.3, -0.25) is 4.48 Å². The van der Waals surface area contributed by atoms with E-state index >= 15 is 0 Å². The summed E-state index contributed by atoms with van der Waals surface area (Å²) in [6.45, 7) is 3.28. The van der Waals surface area contributed by atoms with Crippen molar-refractivity contribution < 1.29 is 9.22 Å². The highest BCUT2D eigenvalue weighted by Crippen LogP contribution is 2.18. The van der Waals surface area contributed by atoms with Gasteiger partial charge in [0.05, 0.1) is 19.8 Å². The molecule has 0 spiro atoms. The summed E-state index contributed by atoms with van der Waals surface area (Å²) in [7, 11) is 3.96. The molecular formula is C8H16NO+. The van der Waals surface area contributed by atoms with E-state index in [0.29, 0.717) is 6.23 Å². The lowest BCUT2D eigenvalue weighted by Crippen LogP contribution is -2.45. The van der Waals surface area contributed by atoms with E-state index in [-0.39, 0.29) is 0 Å². The van der Waals surface area contributed by atoms with Gasteiger partial charge >= 0.3 is 0 Å². The summed E-state index contributed by atoms with van der Waals surface area (Å²) in [5, 5.41) is 0. The van der Waals surface area contributed by atoms with Gasteiger partial charge in [0.15, 0.2) is 6.23 Å². The van der Waals surface area contributed by atoms with Crippen LogP contribution in [0.4, 0.5) is 0 Å². The van der Waals surface area contributed by atoms with Crippen LogP contribution in [0.3, 0.4) is 0 Å². The molecule has 1 rings (SSSR count). The average molecular weight is 142 g/mol. The molecule has 2 nitrogen and oxygen atoms in total. The molecule has 2 atom stereocenters. The second-order valence-electron chi connectivity index (χ2n) is 3.08. The zero-order valence-corrected chi connectivity index (χ0v) is 7.00. The van der Waals surface area contributed by atoms with Gasteiger partial charge in [-0.1, -0.05) is 0 Å². The van der Waals surface area contributed by atoms with Crippen molar-refractivity contribution in [2.45, 2.75) is 19.6 Å². The van der Waals surface area contributed by atoms with Crippen molar-refractivity contribution in [1.29, 1.82) is 0 Å². The molecule has 2 heteroatoms. The van der Waals surface area contributed by atoms with Gasteiger partial charge in [-0.2, -0.15) is 0 Å². The standard InChI is InChI=1S/C8H16NO/c1-8(10-3)9(2)6-4-5-7-9/h4,6,8H,5,7H2,1-3H3/q+1. The van der Waals surface area contributed by atoms with Crippen LogP contribution < -0.4 is 0 Å². The summed E-state index contributed by atoms with van der Waals surface area (Å²) in [5.41, 5.74) is 0. The van der Waals surface area contributed by atoms with E-state index in [9.17, 15) is 0 Å². The Bertz CT molecular complexity index is 144. The number of methoxy groups -OCH3 is 1. The summed E-state index contributed by atoms with van der Waals surface area (Å²) in [6, 6.07) is 0. The zero-order chi connectivity index (χ0) is 7.61. The van der Waals surface area contributed by atoms with Crippen LogP contribution in [0.5, 0.6) is 0 Å². The zero-order valence-electron chi connectivity index (χ0n) is 7.00. The first-order chi connectivity index (χ1) is 4.69. The van der Waals surface area contributed by atoms with Crippen LogP contribution in [0.1, 0.15) is 13.3 Å². The predicted molar refractivity (Wildman–Crippen MR) is 41.3 cm³/mol. The largest absolute Gasteiger partial charge is 0.332 e. The van der Waals surface area contributed by atoms with Crippen LogP contribution >= 0.6 is 0 Å². The Morgan fingerprint density at radius 1 is 1.60 bits per heavy atom. The molecule has 0 aliphatic carbocycles. The van der Waals surface area contributed by atoms with Crippen LogP contribution in [0.15, 0.2) is 12.3 Å². The van der Waals surface area contributed by atoms with Crippen molar-refractivity contribution in [3.8, 4) is 0 Å². The van der Waals surface area contributed by atoms with Gasteiger partial charge in [0.1, 0.15) is 0 Å². The second-order valence-corrected chi connectivity index (χ2v) is 3.08. The fourth-order valence-corrected chi connectivity index (χ4v) is 1.29. The Balaban J connectivity index is 2.59.